The number of aryl methyl sites for hydroxylation is 1. The Morgan fingerprint density at radius 1 is 1.37 bits per heavy atom. The Hall–Kier alpha value is -2.02. The van der Waals surface area contributed by atoms with E-state index in [1.54, 1.807) is 12.0 Å². The summed E-state index contributed by atoms with van der Waals surface area (Å²) < 4.78 is 5.09. The molecule has 0 bridgehead atoms. The highest BCUT2D eigenvalue weighted by molar-refractivity contribution is 5.77. The predicted octanol–water partition coefficient (Wildman–Crippen LogP) is 2.39. The van der Waals surface area contributed by atoms with E-state index in [0.717, 1.165) is 11.3 Å². The summed E-state index contributed by atoms with van der Waals surface area (Å²) in [5.41, 5.74) is 1.09. The summed E-state index contributed by atoms with van der Waals surface area (Å²) in [6.07, 6.45) is 1.10. The van der Waals surface area contributed by atoms with Crippen molar-refractivity contribution in [2.75, 3.05) is 13.7 Å². The summed E-state index contributed by atoms with van der Waals surface area (Å²) in [6, 6.07) is 9.77. The van der Waals surface area contributed by atoms with Gasteiger partial charge >= 0.3 is 0 Å². The van der Waals surface area contributed by atoms with Crippen molar-refractivity contribution in [3.63, 3.8) is 0 Å². The molecule has 0 saturated heterocycles. The van der Waals surface area contributed by atoms with Gasteiger partial charge in [0.1, 0.15) is 12.3 Å². The molecule has 102 valence electrons. The van der Waals surface area contributed by atoms with E-state index in [2.05, 4.69) is 0 Å². The van der Waals surface area contributed by atoms with Crippen LogP contribution in [0.25, 0.3) is 0 Å². The molecule has 4 nitrogen and oxygen atoms in total. The molecule has 0 aliphatic heterocycles. The van der Waals surface area contributed by atoms with E-state index in [1.165, 1.54) is 0 Å². The van der Waals surface area contributed by atoms with E-state index >= 15 is 0 Å². The standard InChI is InChI=1S/C15H20N2O2/c1-12(2)17(11-10-16)15(18)9-6-13-4-7-14(19-3)8-5-13/h4-5,7-8,12H,6,9,11H2,1-3H3. The van der Waals surface area contributed by atoms with Crippen LogP contribution in [0.5, 0.6) is 5.75 Å². The number of rotatable bonds is 6. The molecule has 1 aromatic carbocycles. The highest BCUT2D eigenvalue weighted by atomic mass is 16.5. The Kier molecular flexibility index (Phi) is 5.87. The third-order valence-electron chi connectivity index (χ3n) is 2.97. The molecular weight excluding hydrogens is 240 g/mol. The zero-order valence-corrected chi connectivity index (χ0v) is 11.7. The molecular formula is C15H20N2O2. The largest absolute Gasteiger partial charge is 0.497 e. The van der Waals surface area contributed by atoms with E-state index in [9.17, 15) is 4.79 Å². The van der Waals surface area contributed by atoms with Gasteiger partial charge in [0.15, 0.2) is 0 Å². The van der Waals surface area contributed by atoms with Gasteiger partial charge in [-0.15, -0.1) is 0 Å². The molecule has 0 saturated carbocycles. The van der Waals surface area contributed by atoms with Crippen LogP contribution < -0.4 is 4.74 Å². The first-order chi connectivity index (χ1) is 9.08. The lowest BCUT2D eigenvalue weighted by Gasteiger charge is -2.23. The lowest BCUT2D eigenvalue weighted by atomic mass is 10.1. The summed E-state index contributed by atoms with van der Waals surface area (Å²) in [6.45, 7) is 3.99. The van der Waals surface area contributed by atoms with Crippen LogP contribution in [0.2, 0.25) is 0 Å². The number of benzene rings is 1. The van der Waals surface area contributed by atoms with Crippen LogP contribution in [0.1, 0.15) is 25.8 Å². The topological polar surface area (TPSA) is 53.3 Å². The first-order valence-corrected chi connectivity index (χ1v) is 6.37. The van der Waals surface area contributed by atoms with E-state index in [-0.39, 0.29) is 18.5 Å². The molecule has 0 aliphatic rings. The van der Waals surface area contributed by atoms with Gasteiger partial charge in [0, 0.05) is 12.5 Å². The fourth-order valence-corrected chi connectivity index (χ4v) is 1.82. The maximum atomic E-state index is 12.0. The third-order valence-corrected chi connectivity index (χ3v) is 2.97. The maximum Gasteiger partial charge on any atom is 0.223 e. The Balaban J connectivity index is 2.54. The average Bonchev–Trinajstić information content (AvgIpc) is 2.42. The lowest BCUT2D eigenvalue weighted by Crippen LogP contribution is -2.37. The van der Waals surface area contributed by atoms with Gasteiger partial charge in [-0.2, -0.15) is 5.26 Å². The molecule has 0 aromatic heterocycles. The van der Waals surface area contributed by atoms with Crippen molar-refractivity contribution in [3.8, 4) is 11.8 Å². The van der Waals surface area contributed by atoms with Gasteiger partial charge in [0.2, 0.25) is 5.91 Å². The normalized spacial score (nSPS) is 10.1. The smallest absolute Gasteiger partial charge is 0.223 e. The fraction of sp³-hybridized carbons (Fsp3) is 0.467. The Morgan fingerprint density at radius 2 is 2.00 bits per heavy atom. The highest BCUT2D eigenvalue weighted by Crippen LogP contribution is 2.13. The Morgan fingerprint density at radius 3 is 2.47 bits per heavy atom. The number of carbonyl (C=O) groups excluding carboxylic acids is 1. The van der Waals surface area contributed by atoms with Crippen LogP contribution in [0.15, 0.2) is 24.3 Å². The molecule has 1 aromatic rings. The number of hydrogen-bond acceptors (Lipinski definition) is 3. The zero-order chi connectivity index (χ0) is 14.3. The average molecular weight is 260 g/mol. The van der Waals surface area contributed by atoms with Crippen molar-refractivity contribution in [3.05, 3.63) is 29.8 Å². The summed E-state index contributed by atoms with van der Waals surface area (Å²) in [7, 11) is 1.63. The summed E-state index contributed by atoms with van der Waals surface area (Å²) in [4.78, 5) is 13.6. The first-order valence-electron chi connectivity index (χ1n) is 6.37. The number of nitriles is 1. The summed E-state index contributed by atoms with van der Waals surface area (Å²) >= 11 is 0. The van der Waals surface area contributed by atoms with E-state index < -0.39 is 0 Å². The Labute approximate surface area is 114 Å². The van der Waals surface area contributed by atoms with Gasteiger partial charge in [-0.1, -0.05) is 12.1 Å². The quantitative estimate of drug-likeness (QED) is 0.738. The number of carbonyl (C=O) groups is 1. The zero-order valence-electron chi connectivity index (χ0n) is 11.7. The second-order valence-electron chi connectivity index (χ2n) is 4.62. The first kappa shape index (κ1) is 15.0. The number of methoxy groups -OCH3 is 1. The van der Waals surface area contributed by atoms with Crippen molar-refractivity contribution in [1.29, 1.82) is 5.26 Å². The van der Waals surface area contributed by atoms with Crippen LogP contribution in [-0.2, 0) is 11.2 Å². The highest BCUT2D eigenvalue weighted by Gasteiger charge is 2.15. The third kappa shape index (κ3) is 4.63. The molecule has 0 atom stereocenters. The van der Waals surface area contributed by atoms with Crippen molar-refractivity contribution >= 4 is 5.91 Å². The van der Waals surface area contributed by atoms with Crippen molar-refractivity contribution in [2.24, 2.45) is 0 Å². The van der Waals surface area contributed by atoms with Gasteiger partial charge in [0.05, 0.1) is 13.2 Å². The second kappa shape index (κ2) is 7.42. The minimum Gasteiger partial charge on any atom is -0.497 e. The minimum absolute atomic E-state index is 0.0207. The molecule has 1 rings (SSSR count). The molecule has 19 heavy (non-hydrogen) atoms. The molecule has 4 heteroatoms. The molecule has 0 heterocycles. The van der Waals surface area contributed by atoms with E-state index in [1.807, 2.05) is 44.2 Å². The van der Waals surface area contributed by atoms with Crippen LogP contribution in [0, 0.1) is 11.3 Å². The van der Waals surface area contributed by atoms with E-state index in [4.69, 9.17) is 10.00 Å². The van der Waals surface area contributed by atoms with Crippen LogP contribution in [-0.4, -0.2) is 30.5 Å². The molecule has 0 N–H and O–H groups in total. The van der Waals surface area contributed by atoms with E-state index in [0.29, 0.717) is 12.8 Å². The minimum atomic E-state index is 0.0207. The Bertz CT molecular complexity index is 446. The van der Waals surface area contributed by atoms with Crippen LogP contribution in [0.4, 0.5) is 0 Å². The SMILES string of the molecule is COc1ccc(CCC(=O)N(CC#N)C(C)C)cc1. The number of ether oxygens (including phenoxy) is 1. The van der Waals surface area contributed by atoms with Gasteiger partial charge in [-0.05, 0) is 38.0 Å². The van der Waals surface area contributed by atoms with Crippen LogP contribution in [0.3, 0.4) is 0 Å². The summed E-state index contributed by atoms with van der Waals surface area (Å²) in [5, 5.41) is 8.72. The van der Waals surface area contributed by atoms with Gasteiger partial charge in [-0.3, -0.25) is 4.79 Å². The molecule has 1 amide bonds. The molecule has 0 aliphatic carbocycles. The molecule has 0 spiro atoms. The lowest BCUT2D eigenvalue weighted by molar-refractivity contribution is -0.132. The van der Waals surface area contributed by atoms with Gasteiger partial charge < -0.3 is 9.64 Å². The molecule has 0 radical (unpaired) electrons. The van der Waals surface area contributed by atoms with Crippen molar-refractivity contribution in [2.45, 2.75) is 32.7 Å². The molecule has 0 fully saturated rings. The fourth-order valence-electron chi connectivity index (χ4n) is 1.82. The monoisotopic (exact) mass is 260 g/mol. The number of amides is 1. The van der Waals surface area contributed by atoms with Crippen molar-refractivity contribution < 1.29 is 9.53 Å². The number of hydrogen-bond donors (Lipinski definition) is 0. The maximum absolute atomic E-state index is 12.0. The predicted molar refractivity (Wildman–Crippen MR) is 73.8 cm³/mol. The second-order valence-corrected chi connectivity index (χ2v) is 4.62. The van der Waals surface area contributed by atoms with Crippen molar-refractivity contribution in [1.82, 2.24) is 4.90 Å². The summed E-state index contributed by atoms with van der Waals surface area (Å²) in [5.74, 6) is 0.829. The van der Waals surface area contributed by atoms with Gasteiger partial charge in [-0.25, -0.2) is 0 Å². The number of nitrogens with zero attached hydrogens (tertiary/aromatic N) is 2. The van der Waals surface area contributed by atoms with Crippen LogP contribution >= 0.6 is 0 Å². The molecule has 0 unspecified atom stereocenters. The van der Waals surface area contributed by atoms with Gasteiger partial charge in [0.25, 0.3) is 0 Å².